The summed E-state index contributed by atoms with van der Waals surface area (Å²) in [4.78, 5) is 14.7. The van der Waals surface area contributed by atoms with Crippen LogP contribution in [0.1, 0.15) is 36.8 Å². The number of carbonyl (C=O) groups is 1. The molecule has 0 bridgehead atoms. The van der Waals surface area contributed by atoms with Gasteiger partial charge < -0.3 is 4.90 Å². The number of piperidine rings is 1. The van der Waals surface area contributed by atoms with Crippen molar-refractivity contribution in [1.29, 1.82) is 0 Å². The zero-order valence-electron chi connectivity index (χ0n) is 14.3. The maximum absolute atomic E-state index is 13.3. The Bertz CT molecular complexity index is 717. The minimum absolute atomic E-state index is 0.102. The molecule has 1 aliphatic heterocycles. The lowest BCUT2D eigenvalue weighted by Gasteiger charge is -2.36. The number of nitrogens with zero attached hydrogens (tertiary/aromatic N) is 1. The van der Waals surface area contributed by atoms with Gasteiger partial charge in [-0.1, -0.05) is 36.4 Å². The number of benzene rings is 2. The molecule has 1 saturated heterocycles. The fourth-order valence-corrected chi connectivity index (χ4v) is 3.52. The molecule has 1 amide bonds. The second-order valence-electron chi connectivity index (χ2n) is 6.67. The number of aryl methyl sites for hydroxylation is 1. The summed E-state index contributed by atoms with van der Waals surface area (Å²) in [5.74, 6) is -1.61. The predicted molar refractivity (Wildman–Crippen MR) is 94.2 cm³/mol. The Morgan fingerprint density at radius 1 is 1.00 bits per heavy atom. The molecule has 1 aliphatic rings. The summed E-state index contributed by atoms with van der Waals surface area (Å²) in [5.41, 5.74) is 1.90. The summed E-state index contributed by atoms with van der Waals surface area (Å²) in [6.45, 7) is 0.786. The smallest absolute Gasteiger partial charge is 0.223 e. The van der Waals surface area contributed by atoms with Crippen LogP contribution in [-0.2, 0) is 17.6 Å². The number of hydrogen-bond acceptors (Lipinski definition) is 1. The van der Waals surface area contributed by atoms with Crippen LogP contribution in [0.4, 0.5) is 8.78 Å². The first-order valence-corrected chi connectivity index (χ1v) is 8.91. The van der Waals surface area contributed by atoms with E-state index in [9.17, 15) is 13.6 Å². The van der Waals surface area contributed by atoms with Gasteiger partial charge in [-0.25, -0.2) is 8.78 Å². The molecule has 0 saturated carbocycles. The first kappa shape index (κ1) is 17.6. The number of carbonyl (C=O) groups excluding carboxylic acids is 1. The van der Waals surface area contributed by atoms with Gasteiger partial charge in [-0.05, 0) is 55.4 Å². The number of rotatable bonds is 5. The molecule has 2 aromatic rings. The highest BCUT2D eigenvalue weighted by Gasteiger charge is 2.26. The SMILES string of the molecule is O=C(CCc1ccc(F)c(F)c1)N1CCCC[C@@H]1Cc1ccccc1. The molecule has 2 nitrogen and oxygen atoms in total. The van der Waals surface area contributed by atoms with Crippen LogP contribution in [0.15, 0.2) is 48.5 Å². The third-order valence-electron chi connectivity index (χ3n) is 4.87. The van der Waals surface area contributed by atoms with Crippen molar-refractivity contribution >= 4 is 5.91 Å². The molecule has 1 atom stereocenters. The van der Waals surface area contributed by atoms with E-state index in [1.165, 1.54) is 11.6 Å². The molecule has 0 spiro atoms. The van der Waals surface area contributed by atoms with Crippen molar-refractivity contribution < 1.29 is 13.6 Å². The molecule has 1 fully saturated rings. The first-order chi connectivity index (χ1) is 12.1. The molecule has 0 aliphatic carbocycles. The van der Waals surface area contributed by atoms with Gasteiger partial charge in [-0.15, -0.1) is 0 Å². The van der Waals surface area contributed by atoms with Crippen LogP contribution in [0.2, 0.25) is 0 Å². The molecular weight excluding hydrogens is 320 g/mol. The van der Waals surface area contributed by atoms with Crippen molar-refractivity contribution in [2.45, 2.75) is 44.6 Å². The summed E-state index contributed by atoms with van der Waals surface area (Å²) >= 11 is 0. The highest BCUT2D eigenvalue weighted by atomic mass is 19.2. The van der Waals surface area contributed by atoms with E-state index in [1.54, 1.807) is 6.07 Å². The summed E-state index contributed by atoms with van der Waals surface area (Å²) in [5, 5.41) is 0. The van der Waals surface area contributed by atoms with Gasteiger partial charge in [0.1, 0.15) is 0 Å². The van der Waals surface area contributed by atoms with Gasteiger partial charge in [0.05, 0.1) is 0 Å². The van der Waals surface area contributed by atoms with Crippen molar-refractivity contribution in [2.75, 3.05) is 6.54 Å². The molecular formula is C21H23F2NO. The molecule has 0 N–H and O–H groups in total. The second kappa shape index (κ2) is 8.24. The number of hydrogen-bond donors (Lipinski definition) is 0. The van der Waals surface area contributed by atoms with E-state index in [1.807, 2.05) is 23.1 Å². The Balaban J connectivity index is 1.61. The Morgan fingerprint density at radius 2 is 1.80 bits per heavy atom. The summed E-state index contributed by atoms with van der Waals surface area (Å²) in [7, 11) is 0. The fraction of sp³-hybridized carbons (Fsp3) is 0.381. The van der Waals surface area contributed by atoms with E-state index >= 15 is 0 Å². The summed E-state index contributed by atoms with van der Waals surface area (Å²) in [6, 6.07) is 14.3. The monoisotopic (exact) mass is 343 g/mol. The molecule has 25 heavy (non-hydrogen) atoms. The average Bonchev–Trinajstić information content (AvgIpc) is 2.64. The lowest BCUT2D eigenvalue weighted by atomic mass is 9.95. The van der Waals surface area contributed by atoms with Crippen LogP contribution in [-0.4, -0.2) is 23.4 Å². The highest BCUT2D eigenvalue weighted by Crippen LogP contribution is 2.22. The fourth-order valence-electron chi connectivity index (χ4n) is 3.52. The van der Waals surface area contributed by atoms with Crippen molar-refractivity contribution in [3.8, 4) is 0 Å². The van der Waals surface area contributed by atoms with Gasteiger partial charge in [-0.3, -0.25) is 4.79 Å². The zero-order chi connectivity index (χ0) is 17.6. The molecule has 0 aromatic heterocycles. The van der Waals surface area contributed by atoms with Crippen LogP contribution in [0.5, 0.6) is 0 Å². The standard InChI is InChI=1S/C21H23F2NO/c22-19-11-9-17(15-20(19)23)10-12-21(25)24-13-5-4-8-18(24)14-16-6-2-1-3-7-16/h1-3,6-7,9,11,15,18H,4-5,8,10,12-14H2/t18-/m1/s1. The van der Waals surface area contributed by atoms with E-state index in [0.29, 0.717) is 18.4 Å². The van der Waals surface area contributed by atoms with Gasteiger partial charge in [0.25, 0.3) is 0 Å². The predicted octanol–water partition coefficient (Wildman–Crippen LogP) is 4.52. The third-order valence-corrected chi connectivity index (χ3v) is 4.87. The minimum atomic E-state index is -0.857. The Morgan fingerprint density at radius 3 is 2.56 bits per heavy atom. The third kappa shape index (κ3) is 4.65. The van der Waals surface area contributed by atoms with Gasteiger partial charge in [0.2, 0.25) is 5.91 Å². The molecule has 0 unspecified atom stereocenters. The van der Waals surface area contributed by atoms with E-state index < -0.39 is 11.6 Å². The lowest BCUT2D eigenvalue weighted by molar-refractivity contribution is -0.134. The molecule has 1 heterocycles. The maximum Gasteiger partial charge on any atom is 0.223 e. The van der Waals surface area contributed by atoms with E-state index in [4.69, 9.17) is 0 Å². The lowest BCUT2D eigenvalue weighted by Crippen LogP contribution is -2.45. The average molecular weight is 343 g/mol. The van der Waals surface area contributed by atoms with Crippen LogP contribution in [0.3, 0.4) is 0 Å². The van der Waals surface area contributed by atoms with Crippen LogP contribution in [0, 0.1) is 11.6 Å². The largest absolute Gasteiger partial charge is 0.339 e. The Labute approximate surface area is 147 Å². The molecule has 3 rings (SSSR count). The van der Waals surface area contributed by atoms with E-state index in [2.05, 4.69) is 12.1 Å². The Kier molecular flexibility index (Phi) is 5.79. The van der Waals surface area contributed by atoms with Crippen LogP contribution < -0.4 is 0 Å². The van der Waals surface area contributed by atoms with Gasteiger partial charge in [0, 0.05) is 19.0 Å². The quantitative estimate of drug-likeness (QED) is 0.781. The molecule has 4 heteroatoms. The topological polar surface area (TPSA) is 20.3 Å². The van der Waals surface area contributed by atoms with Gasteiger partial charge >= 0.3 is 0 Å². The number of likely N-dealkylation sites (tertiary alicyclic amines) is 1. The van der Waals surface area contributed by atoms with Gasteiger partial charge in [-0.2, -0.15) is 0 Å². The zero-order valence-corrected chi connectivity index (χ0v) is 14.3. The number of amides is 1. The highest BCUT2D eigenvalue weighted by molar-refractivity contribution is 5.77. The first-order valence-electron chi connectivity index (χ1n) is 8.91. The Hall–Kier alpha value is -2.23. The van der Waals surface area contributed by atoms with Crippen molar-refractivity contribution in [3.63, 3.8) is 0 Å². The minimum Gasteiger partial charge on any atom is -0.339 e. The van der Waals surface area contributed by atoms with Crippen LogP contribution >= 0.6 is 0 Å². The van der Waals surface area contributed by atoms with Crippen molar-refractivity contribution in [1.82, 2.24) is 4.90 Å². The molecule has 0 radical (unpaired) electrons. The van der Waals surface area contributed by atoms with E-state index in [0.717, 1.165) is 38.3 Å². The summed E-state index contributed by atoms with van der Waals surface area (Å²) < 4.78 is 26.3. The van der Waals surface area contributed by atoms with Crippen LogP contribution in [0.25, 0.3) is 0 Å². The number of halogens is 2. The molecule has 2 aromatic carbocycles. The van der Waals surface area contributed by atoms with E-state index in [-0.39, 0.29) is 11.9 Å². The van der Waals surface area contributed by atoms with Gasteiger partial charge in [0.15, 0.2) is 11.6 Å². The van der Waals surface area contributed by atoms with Crippen molar-refractivity contribution in [2.24, 2.45) is 0 Å². The summed E-state index contributed by atoms with van der Waals surface area (Å²) in [6.07, 6.45) is 4.83. The maximum atomic E-state index is 13.3. The second-order valence-corrected chi connectivity index (χ2v) is 6.67. The van der Waals surface area contributed by atoms with Crippen molar-refractivity contribution in [3.05, 3.63) is 71.3 Å². The normalized spacial score (nSPS) is 17.5. The molecule has 132 valence electrons.